The van der Waals surface area contributed by atoms with E-state index in [1.54, 1.807) is 0 Å². The number of rotatable bonds is 2. The van der Waals surface area contributed by atoms with Gasteiger partial charge in [0.1, 0.15) is 0 Å². The van der Waals surface area contributed by atoms with Crippen LogP contribution in [0.2, 0.25) is 0 Å². The largest absolute Gasteiger partial charge is 0.414 e. The molecule has 0 aromatic carbocycles. The summed E-state index contributed by atoms with van der Waals surface area (Å²) >= 11 is 0. The van der Waals surface area contributed by atoms with Crippen molar-refractivity contribution in [3.05, 3.63) is 0 Å². The lowest BCUT2D eigenvalue weighted by Gasteiger charge is -2.17. The maximum atomic E-state index is 11.8. The minimum Gasteiger partial charge on any atom is -0.384 e. The molecule has 0 radical (unpaired) electrons. The van der Waals surface area contributed by atoms with Crippen molar-refractivity contribution in [1.82, 2.24) is 0 Å². The molecular formula is C7H11F3O2. The molecule has 2 unspecified atom stereocenters. The van der Waals surface area contributed by atoms with E-state index >= 15 is 0 Å². The first-order chi connectivity index (χ1) is 5.50. The maximum absolute atomic E-state index is 11.8. The molecule has 0 bridgehead atoms. The molecule has 0 amide bonds. The van der Waals surface area contributed by atoms with E-state index in [-0.39, 0.29) is 6.42 Å². The van der Waals surface area contributed by atoms with Crippen LogP contribution in [0.5, 0.6) is 0 Å². The summed E-state index contributed by atoms with van der Waals surface area (Å²) in [6.45, 7) is 0.509. The van der Waals surface area contributed by atoms with E-state index < -0.39 is 18.4 Å². The molecule has 2 atom stereocenters. The third-order valence-corrected chi connectivity index (χ3v) is 1.89. The number of aliphatic hydroxyl groups is 1. The van der Waals surface area contributed by atoms with Crippen LogP contribution in [0.1, 0.15) is 19.3 Å². The Morgan fingerprint density at radius 2 is 2.17 bits per heavy atom. The number of hydrogen-bond donors (Lipinski definition) is 1. The molecule has 0 aromatic heterocycles. The van der Waals surface area contributed by atoms with Crippen LogP contribution in [-0.2, 0) is 4.74 Å². The summed E-state index contributed by atoms with van der Waals surface area (Å²) in [7, 11) is 0. The lowest BCUT2D eigenvalue weighted by atomic mass is 10.1. The van der Waals surface area contributed by atoms with Gasteiger partial charge in [-0.15, -0.1) is 0 Å². The SMILES string of the molecule is OC(CC1CCCO1)C(F)(F)F. The third kappa shape index (κ3) is 2.64. The predicted octanol–water partition coefficient (Wildman–Crippen LogP) is 1.48. The van der Waals surface area contributed by atoms with Crippen molar-refractivity contribution in [3.8, 4) is 0 Å². The fraction of sp³-hybridized carbons (Fsp3) is 1.00. The molecule has 1 aliphatic heterocycles. The van der Waals surface area contributed by atoms with Crippen LogP contribution < -0.4 is 0 Å². The lowest BCUT2D eigenvalue weighted by molar-refractivity contribution is -0.211. The Hall–Kier alpha value is -0.290. The van der Waals surface area contributed by atoms with Gasteiger partial charge in [0.25, 0.3) is 0 Å². The zero-order chi connectivity index (χ0) is 9.19. The molecule has 2 nitrogen and oxygen atoms in total. The van der Waals surface area contributed by atoms with Crippen LogP contribution in [0.15, 0.2) is 0 Å². The van der Waals surface area contributed by atoms with Crippen molar-refractivity contribution in [2.75, 3.05) is 6.61 Å². The predicted molar refractivity (Wildman–Crippen MR) is 35.7 cm³/mol. The van der Waals surface area contributed by atoms with Gasteiger partial charge in [-0.2, -0.15) is 13.2 Å². The Balaban J connectivity index is 2.30. The molecule has 1 rings (SSSR count). The fourth-order valence-electron chi connectivity index (χ4n) is 1.21. The molecule has 0 spiro atoms. The van der Waals surface area contributed by atoms with E-state index in [4.69, 9.17) is 9.84 Å². The molecule has 1 N–H and O–H groups in total. The van der Waals surface area contributed by atoms with Crippen molar-refractivity contribution in [2.45, 2.75) is 37.6 Å². The van der Waals surface area contributed by atoms with Gasteiger partial charge in [-0.1, -0.05) is 0 Å². The molecule has 0 aliphatic carbocycles. The molecular weight excluding hydrogens is 173 g/mol. The summed E-state index contributed by atoms with van der Waals surface area (Å²) in [5.74, 6) is 0. The Labute approximate surface area is 68.3 Å². The van der Waals surface area contributed by atoms with E-state index in [0.717, 1.165) is 6.42 Å². The number of hydrogen-bond acceptors (Lipinski definition) is 2. The Morgan fingerprint density at radius 3 is 2.58 bits per heavy atom. The normalized spacial score (nSPS) is 27.5. The molecule has 1 saturated heterocycles. The number of aliphatic hydroxyl groups excluding tert-OH is 1. The monoisotopic (exact) mass is 184 g/mol. The van der Waals surface area contributed by atoms with Crippen molar-refractivity contribution in [3.63, 3.8) is 0 Å². The highest BCUT2D eigenvalue weighted by atomic mass is 19.4. The quantitative estimate of drug-likeness (QED) is 0.704. The van der Waals surface area contributed by atoms with E-state index in [1.807, 2.05) is 0 Å². The highest BCUT2D eigenvalue weighted by molar-refractivity contribution is 4.73. The van der Waals surface area contributed by atoms with Gasteiger partial charge < -0.3 is 9.84 Å². The van der Waals surface area contributed by atoms with Crippen molar-refractivity contribution >= 4 is 0 Å². The molecule has 1 heterocycles. The number of halogens is 3. The second-order valence-corrected chi connectivity index (χ2v) is 2.93. The molecule has 0 saturated carbocycles. The number of alkyl halides is 3. The van der Waals surface area contributed by atoms with Crippen molar-refractivity contribution in [2.24, 2.45) is 0 Å². The van der Waals surface area contributed by atoms with Gasteiger partial charge >= 0.3 is 6.18 Å². The van der Waals surface area contributed by atoms with Gasteiger partial charge in [0, 0.05) is 13.0 Å². The van der Waals surface area contributed by atoms with Gasteiger partial charge in [-0.3, -0.25) is 0 Å². The van der Waals surface area contributed by atoms with E-state index in [9.17, 15) is 13.2 Å². The smallest absolute Gasteiger partial charge is 0.384 e. The molecule has 1 fully saturated rings. The standard InChI is InChI=1S/C7H11F3O2/c8-7(9,10)6(11)4-5-2-1-3-12-5/h5-6,11H,1-4H2. The van der Waals surface area contributed by atoms with Crippen LogP contribution in [0.3, 0.4) is 0 Å². The number of ether oxygens (including phenoxy) is 1. The Kier molecular flexibility index (Phi) is 2.95. The average Bonchev–Trinajstić information content (AvgIpc) is 2.37. The second kappa shape index (κ2) is 3.62. The Morgan fingerprint density at radius 1 is 1.50 bits per heavy atom. The van der Waals surface area contributed by atoms with Gasteiger partial charge in [-0.05, 0) is 12.8 Å². The fourth-order valence-corrected chi connectivity index (χ4v) is 1.21. The zero-order valence-electron chi connectivity index (χ0n) is 6.47. The maximum Gasteiger partial charge on any atom is 0.414 e. The minimum absolute atomic E-state index is 0.330. The third-order valence-electron chi connectivity index (χ3n) is 1.89. The molecule has 12 heavy (non-hydrogen) atoms. The average molecular weight is 184 g/mol. The van der Waals surface area contributed by atoms with Crippen LogP contribution in [0.4, 0.5) is 13.2 Å². The first-order valence-electron chi connectivity index (χ1n) is 3.86. The summed E-state index contributed by atoms with van der Waals surface area (Å²) in [6.07, 6.45) is -6.08. The van der Waals surface area contributed by atoms with E-state index in [1.165, 1.54) is 0 Å². The first-order valence-corrected chi connectivity index (χ1v) is 3.86. The summed E-state index contributed by atoms with van der Waals surface area (Å²) in [4.78, 5) is 0. The minimum atomic E-state index is -4.51. The van der Waals surface area contributed by atoms with E-state index in [0.29, 0.717) is 13.0 Å². The van der Waals surface area contributed by atoms with Gasteiger partial charge in [0.15, 0.2) is 6.10 Å². The van der Waals surface area contributed by atoms with Crippen molar-refractivity contribution in [1.29, 1.82) is 0 Å². The van der Waals surface area contributed by atoms with Gasteiger partial charge in [-0.25, -0.2) is 0 Å². The highest BCUT2D eigenvalue weighted by Crippen LogP contribution is 2.26. The van der Waals surface area contributed by atoms with E-state index in [2.05, 4.69) is 0 Å². The first kappa shape index (κ1) is 9.80. The molecule has 5 heteroatoms. The second-order valence-electron chi connectivity index (χ2n) is 2.93. The summed E-state index contributed by atoms with van der Waals surface area (Å²) < 4.78 is 40.3. The molecule has 72 valence electrons. The lowest BCUT2D eigenvalue weighted by Crippen LogP contribution is -2.32. The van der Waals surface area contributed by atoms with Crippen molar-refractivity contribution < 1.29 is 23.0 Å². The topological polar surface area (TPSA) is 29.5 Å². The van der Waals surface area contributed by atoms with Gasteiger partial charge in [0.05, 0.1) is 6.10 Å². The molecule has 0 aromatic rings. The summed E-state index contributed by atoms with van der Waals surface area (Å²) in [5.41, 5.74) is 0. The zero-order valence-corrected chi connectivity index (χ0v) is 6.47. The molecule has 1 aliphatic rings. The van der Waals surface area contributed by atoms with Crippen LogP contribution in [0, 0.1) is 0 Å². The highest BCUT2D eigenvalue weighted by Gasteiger charge is 2.40. The van der Waals surface area contributed by atoms with Crippen LogP contribution in [-0.4, -0.2) is 30.1 Å². The summed E-state index contributed by atoms with van der Waals surface area (Å²) in [6, 6.07) is 0. The van der Waals surface area contributed by atoms with Gasteiger partial charge in [0.2, 0.25) is 0 Å². The van der Waals surface area contributed by atoms with Crippen LogP contribution >= 0.6 is 0 Å². The Bertz CT molecular complexity index is 140. The summed E-state index contributed by atoms with van der Waals surface area (Å²) in [5, 5.41) is 8.64. The van der Waals surface area contributed by atoms with Crippen LogP contribution in [0.25, 0.3) is 0 Å².